The van der Waals surface area contributed by atoms with Gasteiger partial charge < -0.3 is 14.7 Å². The zero-order valence-corrected chi connectivity index (χ0v) is 13.4. The largest absolute Gasteiger partial charge is 0.388 e. The van der Waals surface area contributed by atoms with Gasteiger partial charge >= 0.3 is 0 Å². The lowest BCUT2D eigenvalue weighted by atomic mass is 9.88. The lowest BCUT2D eigenvalue weighted by Gasteiger charge is -2.39. The molecule has 22 heavy (non-hydrogen) atoms. The Bertz CT molecular complexity index is 535. The van der Waals surface area contributed by atoms with Crippen LogP contribution in [-0.4, -0.2) is 48.3 Å². The van der Waals surface area contributed by atoms with E-state index in [2.05, 4.69) is 0 Å². The van der Waals surface area contributed by atoms with Gasteiger partial charge in [-0.25, -0.2) is 4.39 Å². The molecule has 0 aromatic heterocycles. The Kier molecular flexibility index (Phi) is 5.53. The van der Waals surface area contributed by atoms with Crippen molar-refractivity contribution in [2.75, 3.05) is 14.2 Å². The van der Waals surface area contributed by atoms with E-state index in [1.54, 1.807) is 32.0 Å². The molecule has 1 aliphatic rings. The number of likely N-dealkylation sites (N-methyl/N-ethyl adjacent to an activating group) is 1. The van der Waals surface area contributed by atoms with Crippen LogP contribution in [-0.2, 0) is 16.0 Å². The number of amides is 1. The number of ether oxygens (including phenoxy) is 1. The van der Waals surface area contributed by atoms with Crippen LogP contribution >= 0.6 is 0 Å². The molecule has 0 aliphatic heterocycles. The highest BCUT2D eigenvalue weighted by atomic mass is 19.1. The molecule has 1 fully saturated rings. The molecule has 1 amide bonds. The summed E-state index contributed by atoms with van der Waals surface area (Å²) in [5.41, 5.74) is 1.58. The predicted molar refractivity (Wildman–Crippen MR) is 82.1 cm³/mol. The SMILES string of the molecule is CO[C@@H]1CCC[C@@H](N(C)C(=O)Cc2ccc(F)cc2C)[C@H]1O. The third-order valence-electron chi connectivity index (χ3n) is 4.60. The number of rotatable bonds is 4. The van der Waals surface area contributed by atoms with Gasteiger partial charge in [0.2, 0.25) is 5.91 Å². The van der Waals surface area contributed by atoms with Gasteiger partial charge in [-0.15, -0.1) is 0 Å². The molecule has 3 atom stereocenters. The summed E-state index contributed by atoms with van der Waals surface area (Å²) in [5.74, 6) is -0.372. The van der Waals surface area contributed by atoms with E-state index in [1.165, 1.54) is 12.1 Å². The molecule has 0 bridgehead atoms. The highest BCUT2D eigenvalue weighted by molar-refractivity contribution is 5.79. The van der Waals surface area contributed by atoms with E-state index in [9.17, 15) is 14.3 Å². The van der Waals surface area contributed by atoms with E-state index >= 15 is 0 Å². The molecule has 0 heterocycles. The smallest absolute Gasteiger partial charge is 0.227 e. The van der Waals surface area contributed by atoms with Crippen LogP contribution in [0.5, 0.6) is 0 Å². The normalized spacial score (nSPS) is 25.0. The topological polar surface area (TPSA) is 49.8 Å². The van der Waals surface area contributed by atoms with Crippen molar-refractivity contribution in [1.29, 1.82) is 0 Å². The van der Waals surface area contributed by atoms with Crippen LogP contribution in [0.25, 0.3) is 0 Å². The number of hydrogen-bond donors (Lipinski definition) is 1. The number of aliphatic hydroxyl groups is 1. The first-order valence-corrected chi connectivity index (χ1v) is 7.65. The fourth-order valence-electron chi connectivity index (χ4n) is 3.13. The molecule has 0 unspecified atom stereocenters. The van der Waals surface area contributed by atoms with Gasteiger partial charge in [0.15, 0.2) is 0 Å². The van der Waals surface area contributed by atoms with E-state index in [1.807, 2.05) is 0 Å². The van der Waals surface area contributed by atoms with Crippen molar-refractivity contribution in [3.63, 3.8) is 0 Å². The average Bonchev–Trinajstić information content (AvgIpc) is 2.49. The van der Waals surface area contributed by atoms with Crippen LogP contribution < -0.4 is 0 Å². The Hall–Kier alpha value is -1.46. The zero-order valence-electron chi connectivity index (χ0n) is 13.4. The summed E-state index contributed by atoms with van der Waals surface area (Å²) >= 11 is 0. The Balaban J connectivity index is 2.05. The van der Waals surface area contributed by atoms with Gasteiger partial charge in [0.25, 0.3) is 0 Å². The van der Waals surface area contributed by atoms with Crippen molar-refractivity contribution in [1.82, 2.24) is 4.90 Å². The molecule has 0 spiro atoms. The summed E-state index contributed by atoms with van der Waals surface area (Å²) < 4.78 is 18.4. The van der Waals surface area contributed by atoms with E-state index < -0.39 is 6.10 Å². The molecule has 0 saturated heterocycles. The molecule has 1 aliphatic carbocycles. The van der Waals surface area contributed by atoms with Gasteiger partial charge in [-0.2, -0.15) is 0 Å². The number of aliphatic hydroxyl groups excluding tert-OH is 1. The molecule has 2 rings (SSSR count). The average molecular weight is 309 g/mol. The van der Waals surface area contributed by atoms with Gasteiger partial charge in [0.05, 0.1) is 18.6 Å². The number of benzene rings is 1. The van der Waals surface area contributed by atoms with Crippen molar-refractivity contribution in [3.8, 4) is 0 Å². The molecule has 0 radical (unpaired) electrons. The maximum atomic E-state index is 13.1. The molecule has 1 saturated carbocycles. The van der Waals surface area contributed by atoms with Crippen LogP contribution in [0.1, 0.15) is 30.4 Å². The molecule has 1 N–H and O–H groups in total. The fraction of sp³-hybridized carbons (Fsp3) is 0.588. The fourth-order valence-corrected chi connectivity index (χ4v) is 3.13. The molecular formula is C17H24FNO3. The monoisotopic (exact) mass is 309 g/mol. The summed E-state index contributed by atoms with van der Waals surface area (Å²) in [6.07, 6.45) is 1.83. The van der Waals surface area contributed by atoms with E-state index in [0.717, 1.165) is 30.4 Å². The summed E-state index contributed by atoms with van der Waals surface area (Å²) in [6.45, 7) is 1.79. The number of carbonyl (C=O) groups is 1. The first-order chi connectivity index (χ1) is 10.4. The molecule has 1 aromatic carbocycles. The summed E-state index contributed by atoms with van der Waals surface area (Å²) in [7, 11) is 3.30. The van der Waals surface area contributed by atoms with Gasteiger partial charge in [-0.3, -0.25) is 4.79 Å². The lowest BCUT2D eigenvalue weighted by Crippen LogP contribution is -2.52. The lowest BCUT2D eigenvalue weighted by molar-refractivity contribution is -0.139. The first-order valence-electron chi connectivity index (χ1n) is 7.65. The third-order valence-corrected chi connectivity index (χ3v) is 4.60. The van der Waals surface area contributed by atoms with Crippen molar-refractivity contribution in [3.05, 3.63) is 35.1 Å². The highest BCUT2D eigenvalue weighted by Crippen LogP contribution is 2.25. The van der Waals surface area contributed by atoms with Crippen molar-refractivity contribution in [2.45, 2.75) is 50.9 Å². The Morgan fingerprint density at radius 2 is 2.18 bits per heavy atom. The predicted octanol–water partition coefficient (Wildman–Crippen LogP) is 2.06. The van der Waals surface area contributed by atoms with E-state index in [-0.39, 0.29) is 30.3 Å². The van der Waals surface area contributed by atoms with Crippen molar-refractivity contribution >= 4 is 5.91 Å². The number of hydrogen-bond acceptors (Lipinski definition) is 3. The van der Waals surface area contributed by atoms with Crippen LogP contribution in [0, 0.1) is 12.7 Å². The minimum absolute atomic E-state index is 0.0736. The second-order valence-corrected chi connectivity index (χ2v) is 6.02. The van der Waals surface area contributed by atoms with Crippen molar-refractivity contribution < 1.29 is 19.0 Å². The van der Waals surface area contributed by atoms with Crippen LogP contribution in [0.15, 0.2) is 18.2 Å². The van der Waals surface area contributed by atoms with E-state index in [0.29, 0.717) is 0 Å². The molecule has 1 aromatic rings. The third kappa shape index (κ3) is 3.65. The number of halogens is 1. The Morgan fingerprint density at radius 3 is 2.82 bits per heavy atom. The minimum atomic E-state index is -0.665. The maximum absolute atomic E-state index is 13.1. The van der Waals surface area contributed by atoms with Gasteiger partial charge in [0.1, 0.15) is 11.9 Å². The van der Waals surface area contributed by atoms with Gasteiger partial charge in [-0.05, 0) is 49.4 Å². The summed E-state index contributed by atoms with van der Waals surface area (Å²) in [6, 6.07) is 4.21. The standard InChI is InChI=1S/C17H24FNO3/c1-11-9-13(18)8-7-12(11)10-16(20)19(2)14-5-4-6-15(22-3)17(14)21/h7-9,14-15,17,21H,4-6,10H2,1-3H3/t14-,15-,17-/m1/s1. The number of methoxy groups -OCH3 is 1. The van der Waals surface area contributed by atoms with E-state index in [4.69, 9.17) is 4.74 Å². The summed E-state index contributed by atoms with van der Waals surface area (Å²) in [4.78, 5) is 14.1. The second kappa shape index (κ2) is 7.20. The van der Waals surface area contributed by atoms with Crippen LogP contribution in [0.4, 0.5) is 4.39 Å². The van der Waals surface area contributed by atoms with Crippen LogP contribution in [0.2, 0.25) is 0 Å². The van der Waals surface area contributed by atoms with Gasteiger partial charge in [-0.1, -0.05) is 6.07 Å². The molecule has 5 heteroatoms. The Labute approximate surface area is 130 Å². The maximum Gasteiger partial charge on any atom is 0.227 e. The number of nitrogens with zero attached hydrogens (tertiary/aromatic N) is 1. The zero-order chi connectivity index (χ0) is 16.3. The minimum Gasteiger partial charge on any atom is -0.388 e. The molecule has 4 nitrogen and oxygen atoms in total. The number of aryl methyl sites for hydroxylation is 1. The summed E-state index contributed by atoms with van der Waals surface area (Å²) in [5, 5.41) is 10.3. The highest BCUT2D eigenvalue weighted by Gasteiger charge is 2.35. The van der Waals surface area contributed by atoms with Crippen molar-refractivity contribution in [2.24, 2.45) is 0 Å². The Morgan fingerprint density at radius 1 is 1.45 bits per heavy atom. The molecular weight excluding hydrogens is 285 g/mol. The van der Waals surface area contributed by atoms with Gasteiger partial charge in [0, 0.05) is 14.2 Å². The second-order valence-electron chi connectivity index (χ2n) is 6.02. The van der Waals surface area contributed by atoms with Crippen LogP contribution in [0.3, 0.4) is 0 Å². The quantitative estimate of drug-likeness (QED) is 0.926. The first kappa shape index (κ1) is 16.9. The molecule has 122 valence electrons. The number of carbonyl (C=O) groups excluding carboxylic acids is 1.